The number of hydrogen-bond acceptors (Lipinski definition) is 0. The van der Waals surface area contributed by atoms with Crippen LogP contribution in [0.5, 0.6) is 0 Å². The number of aromatic nitrogens is 1. The smallest absolute Gasteiger partial charge is 0.0495 e. The van der Waals surface area contributed by atoms with E-state index in [4.69, 9.17) is 0 Å². The van der Waals surface area contributed by atoms with Gasteiger partial charge in [-0.05, 0) is 29.8 Å². The van der Waals surface area contributed by atoms with Crippen LogP contribution < -0.4 is 10.6 Å². The first-order valence-electron chi connectivity index (χ1n) is 6.52. The molecule has 1 heteroatoms. The molecule has 0 spiro atoms. The van der Waals surface area contributed by atoms with Gasteiger partial charge in [0.1, 0.15) is 0 Å². The first-order valence-corrected chi connectivity index (χ1v) is 6.52. The topological polar surface area (TPSA) is 4.93 Å². The molecule has 0 saturated carbocycles. The van der Waals surface area contributed by atoms with Gasteiger partial charge in [0.15, 0.2) is 0 Å². The fourth-order valence-electron chi connectivity index (χ4n) is 2.81. The van der Waals surface area contributed by atoms with Crippen molar-refractivity contribution in [1.82, 2.24) is 4.57 Å². The predicted octanol–water partition coefficient (Wildman–Crippen LogP) is 3.10. The summed E-state index contributed by atoms with van der Waals surface area (Å²) in [7, 11) is 2.12. The van der Waals surface area contributed by atoms with E-state index in [0.717, 1.165) is 0 Å². The third kappa shape index (κ3) is 1.70. The summed E-state index contributed by atoms with van der Waals surface area (Å²) in [5, 5.41) is 6.34. The molecule has 1 nitrogen and oxygen atoms in total. The highest BCUT2D eigenvalue weighted by Crippen LogP contribution is 2.19. The summed E-state index contributed by atoms with van der Waals surface area (Å²) in [5.41, 5.74) is 1.26. The van der Waals surface area contributed by atoms with Crippen molar-refractivity contribution in [3.63, 3.8) is 0 Å². The van der Waals surface area contributed by atoms with Crippen LogP contribution in [0.15, 0.2) is 49.1 Å². The second-order valence-corrected chi connectivity index (χ2v) is 4.77. The Morgan fingerprint density at radius 1 is 1.11 bits per heavy atom. The monoisotopic (exact) mass is 247 g/mol. The summed E-state index contributed by atoms with van der Waals surface area (Å²) in [6.07, 6.45) is 6.10. The zero-order valence-corrected chi connectivity index (χ0v) is 11.4. The van der Waals surface area contributed by atoms with Gasteiger partial charge in [-0.15, -0.1) is 0 Å². The maximum atomic E-state index is 3.83. The van der Waals surface area contributed by atoms with E-state index in [0.29, 0.717) is 0 Å². The highest BCUT2D eigenvalue weighted by atomic mass is 14.9. The second kappa shape index (κ2) is 4.43. The molecule has 0 aliphatic heterocycles. The summed E-state index contributed by atoms with van der Waals surface area (Å²) >= 11 is 0. The normalized spacial score (nSPS) is 13.6. The lowest BCUT2D eigenvalue weighted by atomic mass is 10.1. The molecule has 0 aliphatic rings. The van der Waals surface area contributed by atoms with Crippen molar-refractivity contribution in [3.05, 3.63) is 59.6 Å². The first kappa shape index (κ1) is 11.8. The van der Waals surface area contributed by atoms with Crippen LogP contribution in [-0.4, -0.2) is 4.57 Å². The van der Waals surface area contributed by atoms with Crippen LogP contribution >= 0.6 is 0 Å². The minimum Gasteiger partial charge on any atom is -0.344 e. The number of rotatable bonds is 1. The van der Waals surface area contributed by atoms with Crippen molar-refractivity contribution in [2.24, 2.45) is 7.05 Å². The molecule has 0 fully saturated rings. The van der Waals surface area contributed by atoms with Crippen molar-refractivity contribution < 1.29 is 0 Å². The third-order valence-electron chi connectivity index (χ3n) is 3.71. The van der Waals surface area contributed by atoms with Crippen LogP contribution in [0.3, 0.4) is 0 Å². The van der Waals surface area contributed by atoms with Crippen molar-refractivity contribution in [2.75, 3.05) is 0 Å². The Hall–Kier alpha value is -2.28. The number of hydrogen-bond donors (Lipinski definition) is 0. The van der Waals surface area contributed by atoms with E-state index < -0.39 is 0 Å². The van der Waals surface area contributed by atoms with Gasteiger partial charge in [-0.3, -0.25) is 0 Å². The number of aryl methyl sites for hydroxylation is 1. The van der Waals surface area contributed by atoms with Gasteiger partial charge in [0.05, 0.1) is 0 Å². The summed E-state index contributed by atoms with van der Waals surface area (Å²) in [4.78, 5) is 0. The van der Waals surface area contributed by atoms with E-state index >= 15 is 0 Å². The number of nitrogens with zero attached hydrogens (tertiary/aromatic N) is 1. The lowest BCUT2D eigenvalue weighted by Crippen LogP contribution is -2.26. The fraction of sp³-hybridized carbons (Fsp3) is 0.111. The van der Waals surface area contributed by atoms with Crippen molar-refractivity contribution >= 4 is 33.8 Å². The summed E-state index contributed by atoms with van der Waals surface area (Å²) < 4.78 is 2.25. The van der Waals surface area contributed by atoms with Gasteiger partial charge in [0, 0.05) is 28.5 Å². The number of allylic oxidation sites excluding steroid dienone is 1. The molecule has 0 aliphatic carbocycles. The highest BCUT2D eigenvalue weighted by molar-refractivity contribution is 5.97. The zero-order valence-electron chi connectivity index (χ0n) is 11.4. The Morgan fingerprint density at radius 2 is 1.79 bits per heavy atom. The van der Waals surface area contributed by atoms with Gasteiger partial charge in [-0.25, -0.2) is 0 Å². The molecule has 0 N–H and O–H groups in total. The van der Waals surface area contributed by atoms with E-state index in [1.807, 2.05) is 6.08 Å². The van der Waals surface area contributed by atoms with E-state index in [9.17, 15) is 0 Å². The van der Waals surface area contributed by atoms with Gasteiger partial charge in [0.25, 0.3) is 0 Å². The van der Waals surface area contributed by atoms with E-state index in [2.05, 4.69) is 73.7 Å². The molecule has 2 aromatic carbocycles. The van der Waals surface area contributed by atoms with E-state index in [1.54, 1.807) is 0 Å². The van der Waals surface area contributed by atoms with Crippen LogP contribution in [0.25, 0.3) is 33.8 Å². The van der Waals surface area contributed by atoms with Crippen molar-refractivity contribution in [1.29, 1.82) is 0 Å². The minimum absolute atomic E-state index is 1.24. The van der Waals surface area contributed by atoms with Crippen LogP contribution in [-0.2, 0) is 7.05 Å². The molecule has 0 radical (unpaired) electrons. The van der Waals surface area contributed by atoms with Gasteiger partial charge >= 0.3 is 0 Å². The summed E-state index contributed by atoms with van der Waals surface area (Å²) in [5.74, 6) is 0. The lowest BCUT2D eigenvalue weighted by molar-refractivity contribution is 0.924. The Morgan fingerprint density at radius 3 is 2.42 bits per heavy atom. The maximum absolute atomic E-state index is 3.83. The predicted molar refractivity (Wildman–Crippen MR) is 84.5 cm³/mol. The molecule has 0 unspecified atom stereocenters. The molecular weight excluding hydrogens is 230 g/mol. The average molecular weight is 247 g/mol. The van der Waals surface area contributed by atoms with Gasteiger partial charge < -0.3 is 4.57 Å². The zero-order chi connectivity index (χ0) is 13.4. The van der Waals surface area contributed by atoms with Crippen LogP contribution in [0, 0.1) is 0 Å². The fourth-order valence-corrected chi connectivity index (χ4v) is 2.81. The largest absolute Gasteiger partial charge is 0.344 e. The Labute approximate surface area is 112 Å². The van der Waals surface area contributed by atoms with E-state index in [-0.39, 0.29) is 0 Å². The number of benzene rings is 2. The van der Waals surface area contributed by atoms with Gasteiger partial charge in [0.2, 0.25) is 0 Å². The highest BCUT2D eigenvalue weighted by Gasteiger charge is 2.05. The lowest BCUT2D eigenvalue weighted by Gasteiger charge is -2.00. The Bertz CT molecular complexity index is 895. The first-order chi connectivity index (χ1) is 9.26. The molecular formula is C18H17N. The average Bonchev–Trinajstić information content (AvgIpc) is 2.69. The van der Waals surface area contributed by atoms with E-state index in [1.165, 1.54) is 32.2 Å². The third-order valence-corrected chi connectivity index (χ3v) is 3.71. The van der Waals surface area contributed by atoms with Gasteiger partial charge in [-0.2, -0.15) is 0 Å². The van der Waals surface area contributed by atoms with Crippen molar-refractivity contribution in [2.45, 2.75) is 6.92 Å². The van der Waals surface area contributed by atoms with Gasteiger partial charge in [-0.1, -0.05) is 49.1 Å². The molecule has 0 saturated heterocycles. The molecule has 19 heavy (non-hydrogen) atoms. The molecule has 3 aromatic rings. The molecule has 94 valence electrons. The second-order valence-electron chi connectivity index (χ2n) is 4.77. The molecule has 3 rings (SSSR count). The molecule has 0 atom stereocenters. The Balaban J connectivity index is 2.64. The number of fused-ring (bicyclic) bond motifs is 2. The SMILES string of the molecule is C=C/C=c1\c(=C/C)n(C)c2cc3ccccc3cc12. The van der Waals surface area contributed by atoms with Crippen LogP contribution in [0.4, 0.5) is 0 Å². The minimum atomic E-state index is 1.24. The van der Waals surface area contributed by atoms with Crippen LogP contribution in [0.1, 0.15) is 6.92 Å². The molecule has 1 heterocycles. The molecule has 0 bridgehead atoms. The molecule has 1 aromatic heterocycles. The van der Waals surface area contributed by atoms with Crippen molar-refractivity contribution in [3.8, 4) is 0 Å². The summed E-state index contributed by atoms with van der Waals surface area (Å²) in [6, 6.07) is 13.0. The maximum Gasteiger partial charge on any atom is 0.0495 e. The summed E-state index contributed by atoms with van der Waals surface area (Å²) in [6.45, 7) is 5.91. The molecule has 0 amide bonds. The standard InChI is InChI=1S/C18H17N/c1-4-8-15-16-11-13-9-6-7-10-14(13)12-18(16)19(3)17(15)5-2/h4-12H,1H2,2-3H3/b15-8-,17-5+. The quantitative estimate of drug-likeness (QED) is 0.622. The van der Waals surface area contributed by atoms with Crippen LogP contribution in [0.2, 0.25) is 0 Å². The Kier molecular flexibility index (Phi) is 2.75.